The van der Waals surface area contributed by atoms with Gasteiger partial charge in [0.05, 0.1) is 0 Å². The van der Waals surface area contributed by atoms with Gasteiger partial charge in [0, 0.05) is 28.6 Å². The molecule has 0 atom stereocenters. The molecule has 0 unspecified atom stereocenters. The van der Waals surface area contributed by atoms with Gasteiger partial charge in [0.2, 0.25) is 0 Å². The van der Waals surface area contributed by atoms with Gasteiger partial charge in [-0.3, -0.25) is 4.79 Å². The van der Waals surface area contributed by atoms with Crippen LogP contribution < -0.4 is 5.32 Å². The van der Waals surface area contributed by atoms with Crippen LogP contribution >= 0.6 is 11.8 Å². The minimum absolute atomic E-state index is 0.241. The average Bonchev–Trinajstić information content (AvgIpc) is 3.13. The summed E-state index contributed by atoms with van der Waals surface area (Å²) in [4.78, 5) is 11.7. The third-order valence-electron chi connectivity index (χ3n) is 4.61. The molecule has 2 aromatic rings. The molecule has 2 aromatic carbocycles. The maximum absolute atomic E-state index is 10.6. The van der Waals surface area contributed by atoms with Crippen molar-refractivity contribution < 1.29 is 9.90 Å². The molecule has 0 heterocycles. The highest BCUT2D eigenvalue weighted by Gasteiger charge is 2.16. The molecule has 2 N–H and O–H groups in total. The Kier molecular flexibility index (Phi) is 6.40. The summed E-state index contributed by atoms with van der Waals surface area (Å²) >= 11 is 1.72. The number of thioether (sulfide) groups is 1. The fraction of sp³-hybridized carbons (Fsp3) is 0.381. The number of carbonyl (C=O) groups is 1. The Bertz CT molecular complexity index is 693. The van der Waals surface area contributed by atoms with Gasteiger partial charge in [0.1, 0.15) is 0 Å². The fourth-order valence-corrected chi connectivity index (χ4v) is 4.15. The molecule has 3 nitrogen and oxygen atoms in total. The average molecular weight is 356 g/mol. The summed E-state index contributed by atoms with van der Waals surface area (Å²) < 4.78 is 0. The Morgan fingerprint density at radius 1 is 1.08 bits per heavy atom. The van der Waals surface area contributed by atoms with E-state index in [0.717, 1.165) is 5.75 Å². The van der Waals surface area contributed by atoms with Gasteiger partial charge < -0.3 is 10.4 Å². The van der Waals surface area contributed by atoms with E-state index in [1.807, 2.05) is 0 Å². The normalized spacial score (nSPS) is 14.6. The molecule has 0 spiro atoms. The number of hydrogen-bond donors (Lipinski definition) is 2. The summed E-state index contributed by atoms with van der Waals surface area (Å²) in [5.74, 6) is 0.119. The summed E-state index contributed by atoms with van der Waals surface area (Å²) in [6.07, 6.45) is 6.13. The van der Waals surface area contributed by atoms with Crippen LogP contribution in [0.15, 0.2) is 53.4 Å². The molecule has 1 aliphatic rings. The maximum atomic E-state index is 10.6. The molecule has 0 radical (unpaired) electrons. The molecule has 3 rings (SSSR count). The summed E-state index contributed by atoms with van der Waals surface area (Å²) in [5, 5.41) is 12.4. The molecule has 0 amide bonds. The van der Waals surface area contributed by atoms with Crippen molar-refractivity contribution in [3.8, 4) is 11.1 Å². The van der Waals surface area contributed by atoms with Crippen LogP contribution in [0.3, 0.4) is 0 Å². The van der Waals surface area contributed by atoms with Gasteiger partial charge in [-0.25, -0.2) is 0 Å². The number of carboxylic acid groups (broad SMARTS) is 1. The van der Waals surface area contributed by atoms with Crippen molar-refractivity contribution in [2.24, 2.45) is 0 Å². The lowest BCUT2D eigenvalue weighted by atomic mass is 10.0. The van der Waals surface area contributed by atoms with Crippen molar-refractivity contribution in [3.05, 3.63) is 48.5 Å². The van der Waals surface area contributed by atoms with Gasteiger partial charge in [0.15, 0.2) is 0 Å². The zero-order valence-electron chi connectivity index (χ0n) is 14.4. The van der Waals surface area contributed by atoms with Crippen LogP contribution in [0, 0.1) is 0 Å². The molecule has 1 saturated carbocycles. The number of rotatable bonds is 8. The van der Waals surface area contributed by atoms with E-state index < -0.39 is 5.97 Å². The zero-order valence-corrected chi connectivity index (χ0v) is 15.2. The first-order chi connectivity index (χ1) is 12.2. The van der Waals surface area contributed by atoms with Crippen molar-refractivity contribution in [2.45, 2.75) is 49.5 Å². The highest BCUT2D eigenvalue weighted by molar-refractivity contribution is 7.99. The van der Waals surface area contributed by atoms with Gasteiger partial charge in [0.25, 0.3) is 0 Å². The summed E-state index contributed by atoms with van der Waals surface area (Å²) in [6.45, 7) is 0. The minimum atomic E-state index is -0.720. The molecule has 4 heteroatoms. The van der Waals surface area contributed by atoms with Crippen molar-refractivity contribution in [1.82, 2.24) is 0 Å². The Labute approximate surface area is 153 Å². The highest BCUT2D eigenvalue weighted by atomic mass is 32.2. The first-order valence-corrected chi connectivity index (χ1v) is 10.0. The summed E-state index contributed by atoms with van der Waals surface area (Å²) in [7, 11) is 0. The second-order valence-corrected chi connectivity index (χ2v) is 7.71. The summed E-state index contributed by atoms with van der Waals surface area (Å²) in [6, 6.07) is 17.7. The van der Waals surface area contributed by atoms with Gasteiger partial charge in [-0.2, -0.15) is 0 Å². The van der Waals surface area contributed by atoms with E-state index in [0.29, 0.717) is 12.5 Å². The Balaban J connectivity index is 1.64. The standard InChI is InChI=1S/C21H25NO2S/c23-21(24)10-5-15-25-18-13-11-16(12-14-18)19-8-3-4-9-20(19)22-17-6-1-2-7-17/h3-4,8-9,11-14,17,22H,1-2,5-7,10,15H2,(H,23,24). The third-order valence-corrected chi connectivity index (χ3v) is 5.71. The molecule has 1 fully saturated rings. The fourth-order valence-electron chi connectivity index (χ4n) is 3.29. The lowest BCUT2D eigenvalue weighted by Gasteiger charge is -2.17. The summed E-state index contributed by atoms with van der Waals surface area (Å²) in [5.41, 5.74) is 3.68. The van der Waals surface area contributed by atoms with E-state index in [1.165, 1.54) is 47.4 Å². The second-order valence-electron chi connectivity index (χ2n) is 6.54. The van der Waals surface area contributed by atoms with Crippen LogP contribution in [-0.2, 0) is 4.79 Å². The van der Waals surface area contributed by atoms with Crippen molar-refractivity contribution in [1.29, 1.82) is 0 Å². The number of hydrogen-bond acceptors (Lipinski definition) is 3. The van der Waals surface area contributed by atoms with E-state index in [9.17, 15) is 4.79 Å². The number of benzene rings is 2. The van der Waals surface area contributed by atoms with Crippen molar-refractivity contribution >= 4 is 23.4 Å². The Hall–Kier alpha value is -1.94. The molecule has 0 saturated heterocycles. The van der Waals surface area contributed by atoms with E-state index >= 15 is 0 Å². The second kappa shape index (κ2) is 8.95. The number of aliphatic carboxylic acids is 1. The number of para-hydroxylation sites is 1. The molecule has 132 valence electrons. The Morgan fingerprint density at radius 3 is 2.52 bits per heavy atom. The highest BCUT2D eigenvalue weighted by Crippen LogP contribution is 2.32. The van der Waals surface area contributed by atoms with Gasteiger partial charge in [-0.1, -0.05) is 43.2 Å². The third kappa shape index (κ3) is 5.27. The van der Waals surface area contributed by atoms with Gasteiger partial charge >= 0.3 is 5.97 Å². The predicted molar refractivity (Wildman–Crippen MR) is 105 cm³/mol. The van der Waals surface area contributed by atoms with Crippen LogP contribution in [0.4, 0.5) is 5.69 Å². The van der Waals surface area contributed by atoms with Crippen molar-refractivity contribution in [2.75, 3.05) is 11.1 Å². The molecular weight excluding hydrogens is 330 g/mol. The van der Waals surface area contributed by atoms with E-state index in [-0.39, 0.29) is 6.42 Å². The molecule has 25 heavy (non-hydrogen) atoms. The largest absolute Gasteiger partial charge is 0.481 e. The quantitative estimate of drug-likeness (QED) is 0.473. The first kappa shape index (κ1) is 17.9. The maximum Gasteiger partial charge on any atom is 0.303 e. The number of anilines is 1. The number of carboxylic acids is 1. The molecule has 0 bridgehead atoms. The first-order valence-electron chi connectivity index (χ1n) is 9.03. The zero-order chi connectivity index (χ0) is 17.5. The molecule has 0 aliphatic heterocycles. The predicted octanol–water partition coefficient (Wildman–Crippen LogP) is 5.67. The molecule has 0 aromatic heterocycles. The van der Waals surface area contributed by atoms with Crippen LogP contribution in [-0.4, -0.2) is 22.9 Å². The molecule has 1 aliphatic carbocycles. The van der Waals surface area contributed by atoms with Crippen LogP contribution in [0.2, 0.25) is 0 Å². The lowest BCUT2D eigenvalue weighted by Crippen LogP contribution is -2.14. The minimum Gasteiger partial charge on any atom is -0.481 e. The van der Waals surface area contributed by atoms with E-state index in [2.05, 4.69) is 53.8 Å². The van der Waals surface area contributed by atoms with E-state index in [4.69, 9.17) is 5.11 Å². The topological polar surface area (TPSA) is 49.3 Å². The molecular formula is C21H25NO2S. The van der Waals surface area contributed by atoms with Crippen LogP contribution in [0.1, 0.15) is 38.5 Å². The monoisotopic (exact) mass is 355 g/mol. The van der Waals surface area contributed by atoms with Crippen LogP contribution in [0.5, 0.6) is 0 Å². The SMILES string of the molecule is O=C(O)CCCSc1ccc(-c2ccccc2NC2CCCC2)cc1. The van der Waals surface area contributed by atoms with Gasteiger partial charge in [-0.15, -0.1) is 11.8 Å². The lowest BCUT2D eigenvalue weighted by molar-refractivity contribution is -0.137. The van der Waals surface area contributed by atoms with Crippen LogP contribution in [0.25, 0.3) is 11.1 Å². The Morgan fingerprint density at radius 2 is 1.80 bits per heavy atom. The number of nitrogens with one attached hydrogen (secondary N) is 1. The van der Waals surface area contributed by atoms with Gasteiger partial charge in [-0.05, 0) is 48.8 Å². The van der Waals surface area contributed by atoms with E-state index in [1.54, 1.807) is 11.8 Å². The van der Waals surface area contributed by atoms with Crippen molar-refractivity contribution in [3.63, 3.8) is 0 Å². The smallest absolute Gasteiger partial charge is 0.303 e.